The van der Waals surface area contributed by atoms with Crippen molar-refractivity contribution >= 4 is 5.91 Å². The van der Waals surface area contributed by atoms with Crippen molar-refractivity contribution in [1.29, 1.82) is 0 Å². The van der Waals surface area contributed by atoms with Crippen molar-refractivity contribution < 1.29 is 14.3 Å². The third kappa shape index (κ3) is 5.19. The second kappa shape index (κ2) is 9.64. The largest absolute Gasteiger partial charge is 0.486 e. The number of carbonyl (C=O) groups excluding carboxylic acids is 1. The average molecular weight is 387 g/mol. The Bertz CT molecular complexity index is 636. The summed E-state index contributed by atoms with van der Waals surface area (Å²) in [6, 6.07) is 7.85. The monoisotopic (exact) mass is 386 g/mol. The highest BCUT2D eigenvalue weighted by molar-refractivity contribution is 5.76. The van der Waals surface area contributed by atoms with Crippen molar-refractivity contribution in [2.24, 2.45) is 11.8 Å². The predicted molar refractivity (Wildman–Crippen MR) is 110 cm³/mol. The van der Waals surface area contributed by atoms with E-state index in [1.54, 1.807) is 0 Å². The molecule has 1 amide bonds. The Morgan fingerprint density at radius 3 is 2.50 bits per heavy atom. The number of amides is 1. The van der Waals surface area contributed by atoms with Gasteiger partial charge in [0.1, 0.15) is 12.7 Å². The van der Waals surface area contributed by atoms with Gasteiger partial charge in [-0.05, 0) is 56.2 Å². The third-order valence-electron chi connectivity index (χ3n) is 6.53. The molecular weight excluding hydrogens is 352 g/mol. The molecule has 0 spiro atoms. The first-order valence-corrected chi connectivity index (χ1v) is 11.1. The first-order chi connectivity index (χ1) is 13.8. The maximum Gasteiger partial charge on any atom is 0.222 e. The van der Waals surface area contributed by atoms with Crippen molar-refractivity contribution in [3.8, 4) is 11.5 Å². The van der Waals surface area contributed by atoms with Crippen LogP contribution >= 0.6 is 0 Å². The number of nitrogens with zero attached hydrogens (tertiary/aromatic N) is 1. The summed E-state index contributed by atoms with van der Waals surface area (Å²) < 4.78 is 11.8. The first-order valence-electron chi connectivity index (χ1n) is 11.1. The van der Waals surface area contributed by atoms with Crippen molar-refractivity contribution in [3.05, 3.63) is 24.3 Å². The van der Waals surface area contributed by atoms with Crippen LogP contribution in [0.25, 0.3) is 0 Å². The van der Waals surface area contributed by atoms with Gasteiger partial charge in [-0.25, -0.2) is 0 Å². The van der Waals surface area contributed by atoms with E-state index in [2.05, 4.69) is 10.2 Å². The zero-order valence-electron chi connectivity index (χ0n) is 16.9. The zero-order valence-corrected chi connectivity index (χ0v) is 16.9. The topological polar surface area (TPSA) is 50.8 Å². The van der Waals surface area contributed by atoms with Crippen LogP contribution < -0.4 is 14.8 Å². The maximum atomic E-state index is 12.6. The summed E-state index contributed by atoms with van der Waals surface area (Å²) in [5, 5.41) is 3.56. The molecule has 5 nitrogen and oxygen atoms in total. The third-order valence-corrected chi connectivity index (χ3v) is 6.53. The van der Waals surface area contributed by atoms with Crippen LogP contribution in [0.4, 0.5) is 0 Å². The minimum absolute atomic E-state index is 0.0621. The van der Waals surface area contributed by atoms with Gasteiger partial charge in [0.25, 0.3) is 0 Å². The fourth-order valence-electron chi connectivity index (χ4n) is 4.77. The first kappa shape index (κ1) is 19.6. The number of rotatable bonds is 6. The lowest BCUT2D eigenvalue weighted by Gasteiger charge is -2.34. The maximum absolute atomic E-state index is 12.6. The number of likely N-dealkylation sites (tertiary alicyclic amines) is 1. The summed E-state index contributed by atoms with van der Waals surface area (Å²) >= 11 is 0. The summed E-state index contributed by atoms with van der Waals surface area (Å²) in [5.74, 6) is 3.36. The lowest BCUT2D eigenvalue weighted by molar-refractivity contribution is -0.133. The van der Waals surface area contributed by atoms with Gasteiger partial charge in [0.05, 0.1) is 0 Å². The van der Waals surface area contributed by atoms with Gasteiger partial charge in [0.2, 0.25) is 5.91 Å². The highest BCUT2D eigenvalue weighted by Crippen LogP contribution is 2.31. The molecule has 28 heavy (non-hydrogen) atoms. The molecular formula is C23H34N2O3. The second-order valence-electron chi connectivity index (χ2n) is 8.69. The van der Waals surface area contributed by atoms with Gasteiger partial charge in [-0.2, -0.15) is 0 Å². The lowest BCUT2D eigenvalue weighted by Crippen LogP contribution is -2.43. The van der Waals surface area contributed by atoms with Crippen LogP contribution in [-0.4, -0.2) is 49.7 Å². The van der Waals surface area contributed by atoms with Crippen molar-refractivity contribution in [3.63, 3.8) is 0 Å². The molecule has 1 unspecified atom stereocenters. The Morgan fingerprint density at radius 1 is 0.964 bits per heavy atom. The van der Waals surface area contributed by atoms with Crippen molar-refractivity contribution in [2.75, 3.05) is 32.8 Å². The van der Waals surface area contributed by atoms with E-state index in [9.17, 15) is 4.79 Å². The Labute approximate surface area is 168 Å². The number of hydrogen-bond acceptors (Lipinski definition) is 4. The highest BCUT2D eigenvalue weighted by atomic mass is 16.6. The molecule has 4 rings (SSSR count). The van der Waals surface area contributed by atoms with Gasteiger partial charge in [-0.3, -0.25) is 4.79 Å². The van der Waals surface area contributed by atoms with E-state index in [1.165, 1.54) is 32.1 Å². The summed E-state index contributed by atoms with van der Waals surface area (Å²) in [4.78, 5) is 14.7. The molecule has 1 N–H and O–H groups in total. The quantitative estimate of drug-likeness (QED) is 0.811. The summed E-state index contributed by atoms with van der Waals surface area (Å²) in [6.45, 7) is 4.24. The standard InChI is InChI=1S/C23H34N2O3/c26-23(14-18-6-2-1-3-7-18)25-12-10-19(11-13-25)15-24-16-20-17-27-21-8-4-5-9-22(21)28-20/h4-5,8-9,18-20,24H,1-3,6-7,10-17H2. The van der Waals surface area contributed by atoms with E-state index in [4.69, 9.17) is 9.47 Å². The van der Waals surface area contributed by atoms with Gasteiger partial charge in [-0.15, -0.1) is 0 Å². The fourth-order valence-corrected chi connectivity index (χ4v) is 4.77. The minimum Gasteiger partial charge on any atom is -0.486 e. The number of hydrogen-bond donors (Lipinski definition) is 1. The number of nitrogens with one attached hydrogen (secondary N) is 1. The molecule has 2 aliphatic heterocycles. The number of benzene rings is 1. The smallest absolute Gasteiger partial charge is 0.222 e. The van der Waals surface area contributed by atoms with Crippen LogP contribution in [0.2, 0.25) is 0 Å². The number of carbonyl (C=O) groups is 1. The molecule has 3 aliphatic rings. The minimum atomic E-state index is 0.0621. The number of fused-ring (bicyclic) bond motifs is 1. The van der Waals surface area contributed by atoms with Gasteiger partial charge < -0.3 is 19.7 Å². The molecule has 2 heterocycles. The van der Waals surface area contributed by atoms with Crippen molar-refractivity contribution in [1.82, 2.24) is 10.2 Å². The SMILES string of the molecule is O=C(CC1CCCCC1)N1CCC(CNCC2COc3ccccc3O2)CC1. The van der Waals surface area contributed by atoms with Gasteiger partial charge >= 0.3 is 0 Å². The van der Waals surface area contributed by atoms with Gasteiger partial charge in [0.15, 0.2) is 11.5 Å². The Kier molecular flexibility index (Phi) is 6.73. The fraction of sp³-hybridized carbons (Fsp3) is 0.696. The molecule has 5 heteroatoms. The molecule has 1 aromatic carbocycles. The molecule has 0 bridgehead atoms. The van der Waals surface area contributed by atoms with Crippen LogP contribution in [0.15, 0.2) is 24.3 Å². The van der Waals surface area contributed by atoms with E-state index >= 15 is 0 Å². The second-order valence-corrected chi connectivity index (χ2v) is 8.69. The number of para-hydroxylation sites is 2. The van der Waals surface area contributed by atoms with E-state index < -0.39 is 0 Å². The zero-order chi connectivity index (χ0) is 19.2. The number of ether oxygens (including phenoxy) is 2. The van der Waals surface area contributed by atoms with Gasteiger partial charge in [0, 0.05) is 26.1 Å². The molecule has 1 atom stereocenters. The predicted octanol–water partition coefficient (Wildman–Crippen LogP) is 3.63. The average Bonchev–Trinajstić information content (AvgIpc) is 2.75. The van der Waals surface area contributed by atoms with Crippen LogP contribution in [0.3, 0.4) is 0 Å². The van der Waals surface area contributed by atoms with E-state index in [1.807, 2.05) is 24.3 Å². The summed E-state index contributed by atoms with van der Waals surface area (Å²) in [7, 11) is 0. The summed E-state index contributed by atoms with van der Waals surface area (Å²) in [6.07, 6.45) is 9.54. The molecule has 0 aromatic heterocycles. The van der Waals surface area contributed by atoms with Crippen LogP contribution in [0.5, 0.6) is 11.5 Å². The Morgan fingerprint density at radius 2 is 1.71 bits per heavy atom. The molecule has 2 fully saturated rings. The molecule has 1 aliphatic carbocycles. The molecule has 1 saturated carbocycles. The van der Waals surface area contributed by atoms with Crippen LogP contribution in [0, 0.1) is 11.8 Å². The Balaban J connectivity index is 1.12. The molecule has 1 aromatic rings. The van der Waals surface area contributed by atoms with Crippen LogP contribution in [-0.2, 0) is 4.79 Å². The molecule has 154 valence electrons. The lowest BCUT2D eigenvalue weighted by atomic mass is 9.86. The van der Waals surface area contributed by atoms with E-state index in [-0.39, 0.29) is 6.10 Å². The van der Waals surface area contributed by atoms with E-state index in [0.29, 0.717) is 24.3 Å². The van der Waals surface area contributed by atoms with Crippen LogP contribution in [0.1, 0.15) is 51.4 Å². The normalized spacial score (nSPS) is 23.6. The van der Waals surface area contributed by atoms with Crippen molar-refractivity contribution in [2.45, 2.75) is 57.5 Å². The Hall–Kier alpha value is -1.75. The number of piperidine rings is 1. The molecule has 1 saturated heterocycles. The van der Waals surface area contributed by atoms with Gasteiger partial charge in [-0.1, -0.05) is 31.4 Å². The highest BCUT2D eigenvalue weighted by Gasteiger charge is 2.26. The molecule has 0 radical (unpaired) electrons. The van der Waals surface area contributed by atoms with E-state index in [0.717, 1.165) is 56.9 Å². The summed E-state index contributed by atoms with van der Waals surface area (Å²) in [5.41, 5.74) is 0.